The Hall–Kier alpha value is -4.46. The van der Waals surface area contributed by atoms with Gasteiger partial charge in [0.05, 0.1) is 23.6 Å². The van der Waals surface area contributed by atoms with Crippen LogP contribution in [0.3, 0.4) is 0 Å². The molecular formula is C23H18N4O4. The summed E-state index contributed by atoms with van der Waals surface area (Å²) in [5.74, 6) is -0.377. The van der Waals surface area contributed by atoms with Crippen LogP contribution < -0.4 is 10.9 Å². The summed E-state index contributed by atoms with van der Waals surface area (Å²) in [5, 5.41) is 4.32. The summed E-state index contributed by atoms with van der Waals surface area (Å²) in [5.41, 5.74) is 7.59. The summed E-state index contributed by atoms with van der Waals surface area (Å²) >= 11 is 0. The zero-order valence-corrected chi connectivity index (χ0v) is 16.5. The van der Waals surface area contributed by atoms with Crippen LogP contribution in [-0.2, 0) is 4.84 Å². The number of furan rings is 1. The third kappa shape index (κ3) is 4.43. The number of amides is 2. The van der Waals surface area contributed by atoms with Crippen LogP contribution in [0.15, 0.2) is 82.6 Å². The van der Waals surface area contributed by atoms with E-state index in [4.69, 9.17) is 4.42 Å². The number of benzene rings is 2. The van der Waals surface area contributed by atoms with Crippen molar-refractivity contribution in [2.45, 2.75) is 0 Å². The molecule has 4 aromatic rings. The number of rotatable bonds is 5. The van der Waals surface area contributed by atoms with E-state index in [9.17, 15) is 9.59 Å². The maximum atomic E-state index is 12.9. The Kier molecular flexibility index (Phi) is 5.70. The molecule has 0 saturated carbocycles. The molecule has 2 N–H and O–H groups in total. The van der Waals surface area contributed by atoms with Crippen molar-refractivity contribution in [2.24, 2.45) is 5.16 Å². The second-order valence-electron chi connectivity index (χ2n) is 6.50. The smallest absolute Gasteiger partial charge is 0.270 e. The van der Waals surface area contributed by atoms with Crippen molar-refractivity contribution in [2.75, 3.05) is 7.11 Å². The monoisotopic (exact) mass is 414 g/mol. The molecule has 31 heavy (non-hydrogen) atoms. The lowest BCUT2D eigenvalue weighted by Gasteiger charge is -2.11. The Balaban J connectivity index is 1.53. The first-order valence-electron chi connectivity index (χ1n) is 9.36. The number of oxime groups is 1. The molecule has 154 valence electrons. The molecule has 8 nitrogen and oxygen atoms in total. The normalized spacial score (nSPS) is 10.9. The minimum Gasteiger partial charge on any atom is -0.463 e. The van der Waals surface area contributed by atoms with Gasteiger partial charge in [-0.3, -0.25) is 20.4 Å². The zero-order chi connectivity index (χ0) is 21.6. The molecule has 0 bridgehead atoms. The summed E-state index contributed by atoms with van der Waals surface area (Å²) in [6.07, 6.45) is 3.06. The second-order valence-corrected chi connectivity index (χ2v) is 6.50. The number of para-hydroxylation sites is 1. The Bertz CT molecular complexity index is 1250. The van der Waals surface area contributed by atoms with Gasteiger partial charge in [-0.05, 0) is 42.0 Å². The van der Waals surface area contributed by atoms with Gasteiger partial charge < -0.3 is 9.25 Å². The van der Waals surface area contributed by atoms with Crippen molar-refractivity contribution in [3.8, 4) is 11.5 Å². The van der Waals surface area contributed by atoms with Crippen LogP contribution in [0.5, 0.6) is 0 Å². The van der Waals surface area contributed by atoms with Crippen molar-refractivity contribution in [3.05, 3.63) is 89.7 Å². The van der Waals surface area contributed by atoms with Gasteiger partial charge in [0.2, 0.25) is 0 Å². The van der Waals surface area contributed by atoms with E-state index in [1.807, 2.05) is 18.2 Å². The fraction of sp³-hybridized carbons (Fsp3) is 0.0435. The lowest BCUT2D eigenvalue weighted by atomic mass is 10.1. The van der Waals surface area contributed by atoms with Crippen molar-refractivity contribution < 1.29 is 18.8 Å². The summed E-state index contributed by atoms with van der Waals surface area (Å²) in [6.45, 7) is 0. The van der Waals surface area contributed by atoms with Gasteiger partial charge in [-0.15, -0.1) is 0 Å². The van der Waals surface area contributed by atoms with Crippen LogP contribution in [0.25, 0.3) is 22.4 Å². The van der Waals surface area contributed by atoms with E-state index in [1.54, 1.807) is 54.8 Å². The van der Waals surface area contributed by atoms with E-state index in [1.165, 1.54) is 13.3 Å². The lowest BCUT2D eigenvalue weighted by Crippen LogP contribution is -2.41. The zero-order valence-electron chi connectivity index (χ0n) is 16.5. The average Bonchev–Trinajstić information content (AvgIpc) is 3.35. The first kappa shape index (κ1) is 19.8. The van der Waals surface area contributed by atoms with Crippen LogP contribution in [0, 0.1) is 0 Å². The number of aromatic nitrogens is 1. The van der Waals surface area contributed by atoms with Gasteiger partial charge in [0.1, 0.15) is 12.8 Å². The molecule has 2 amide bonds. The molecule has 0 aliphatic heterocycles. The number of hydrazine groups is 1. The van der Waals surface area contributed by atoms with Crippen molar-refractivity contribution >= 4 is 28.9 Å². The van der Waals surface area contributed by atoms with Crippen LogP contribution in [0.2, 0.25) is 0 Å². The van der Waals surface area contributed by atoms with Crippen LogP contribution in [0.4, 0.5) is 0 Å². The van der Waals surface area contributed by atoms with Crippen LogP contribution in [0.1, 0.15) is 26.3 Å². The Morgan fingerprint density at radius 1 is 1.00 bits per heavy atom. The minimum atomic E-state index is -0.469. The molecular weight excluding hydrogens is 396 g/mol. The highest BCUT2D eigenvalue weighted by molar-refractivity contribution is 6.08. The number of hydrogen-bond acceptors (Lipinski definition) is 6. The number of carbonyl (C=O) groups excluding carboxylic acids is 2. The minimum absolute atomic E-state index is 0.364. The highest BCUT2D eigenvalue weighted by atomic mass is 16.6. The van der Waals surface area contributed by atoms with Gasteiger partial charge in [-0.2, -0.15) is 0 Å². The van der Waals surface area contributed by atoms with E-state index < -0.39 is 11.8 Å². The molecule has 0 radical (unpaired) electrons. The number of carbonyl (C=O) groups is 2. The molecule has 0 aliphatic rings. The predicted octanol–water partition coefficient (Wildman–Crippen LogP) is 3.55. The van der Waals surface area contributed by atoms with Crippen LogP contribution >= 0.6 is 0 Å². The van der Waals surface area contributed by atoms with Gasteiger partial charge in [-0.1, -0.05) is 35.5 Å². The highest BCUT2D eigenvalue weighted by Gasteiger charge is 2.16. The van der Waals surface area contributed by atoms with E-state index in [0.29, 0.717) is 33.5 Å². The van der Waals surface area contributed by atoms with E-state index >= 15 is 0 Å². The number of fused-ring (bicyclic) bond motifs is 1. The molecule has 2 heterocycles. The molecule has 0 atom stereocenters. The standard InChI is InChI=1S/C23H18N4O4/c1-30-24-14-15-8-10-16(11-9-15)22(28)26-27-23(29)18-13-20(21-7-4-12-31-21)25-19-6-3-2-5-17(18)19/h2-14H,1H3,(H,26,28)(H,27,29)/b24-14+. The van der Waals surface area contributed by atoms with Crippen molar-refractivity contribution in [3.63, 3.8) is 0 Å². The molecule has 2 aromatic heterocycles. The third-order valence-corrected chi connectivity index (χ3v) is 4.50. The quantitative estimate of drug-likeness (QED) is 0.384. The van der Waals surface area contributed by atoms with E-state index in [0.717, 1.165) is 5.56 Å². The fourth-order valence-electron chi connectivity index (χ4n) is 3.00. The highest BCUT2D eigenvalue weighted by Crippen LogP contribution is 2.25. The molecule has 4 rings (SSSR count). The summed E-state index contributed by atoms with van der Waals surface area (Å²) in [6, 6.07) is 19.1. The SMILES string of the molecule is CO/N=C/c1ccc(C(=O)NNC(=O)c2cc(-c3ccco3)nc3ccccc23)cc1. The van der Waals surface area contributed by atoms with Gasteiger partial charge in [-0.25, -0.2) is 4.98 Å². The first-order valence-corrected chi connectivity index (χ1v) is 9.36. The van der Waals surface area contributed by atoms with E-state index in [2.05, 4.69) is 25.8 Å². The number of pyridine rings is 1. The summed E-state index contributed by atoms with van der Waals surface area (Å²) in [7, 11) is 1.45. The van der Waals surface area contributed by atoms with Crippen LogP contribution in [-0.4, -0.2) is 30.1 Å². The summed E-state index contributed by atoms with van der Waals surface area (Å²) < 4.78 is 5.41. The first-order chi connectivity index (χ1) is 15.2. The summed E-state index contributed by atoms with van der Waals surface area (Å²) in [4.78, 5) is 34.5. The maximum Gasteiger partial charge on any atom is 0.270 e. The lowest BCUT2D eigenvalue weighted by molar-refractivity contribution is 0.0847. The molecule has 0 saturated heterocycles. The Morgan fingerprint density at radius 3 is 2.52 bits per heavy atom. The Labute approximate surface area is 177 Å². The molecule has 8 heteroatoms. The Morgan fingerprint density at radius 2 is 1.77 bits per heavy atom. The molecule has 0 spiro atoms. The number of nitrogens with zero attached hydrogens (tertiary/aromatic N) is 2. The second kappa shape index (κ2) is 8.91. The van der Waals surface area contributed by atoms with Gasteiger partial charge in [0.25, 0.3) is 11.8 Å². The molecule has 0 fully saturated rings. The molecule has 2 aromatic carbocycles. The molecule has 0 aliphatic carbocycles. The number of hydrogen-bond donors (Lipinski definition) is 2. The number of nitrogens with one attached hydrogen (secondary N) is 2. The van der Waals surface area contributed by atoms with E-state index in [-0.39, 0.29) is 0 Å². The maximum absolute atomic E-state index is 12.9. The largest absolute Gasteiger partial charge is 0.463 e. The van der Waals surface area contributed by atoms with Gasteiger partial charge >= 0.3 is 0 Å². The fourth-order valence-corrected chi connectivity index (χ4v) is 3.00. The predicted molar refractivity (Wildman–Crippen MR) is 115 cm³/mol. The third-order valence-electron chi connectivity index (χ3n) is 4.50. The average molecular weight is 414 g/mol. The van der Waals surface area contributed by atoms with Gasteiger partial charge in [0, 0.05) is 10.9 Å². The molecule has 0 unspecified atom stereocenters. The van der Waals surface area contributed by atoms with Gasteiger partial charge in [0.15, 0.2) is 5.76 Å². The topological polar surface area (TPSA) is 106 Å². The van der Waals surface area contributed by atoms with Crippen molar-refractivity contribution in [1.29, 1.82) is 0 Å². The van der Waals surface area contributed by atoms with Crippen molar-refractivity contribution in [1.82, 2.24) is 15.8 Å².